The zero-order chi connectivity index (χ0) is 55.3. The normalized spacial score (nSPS) is 20.9. The molecule has 0 bridgehead atoms. The number of nitrogens with zero attached hydrogens (tertiary/aromatic N) is 7. The topological polar surface area (TPSA) is 252 Å². The summed E-state index contributed by atoms with van der Waals surface area (Å²) in [5.41, 5.74) is 14.0. The highest BCUT2D eigenvalue weighted by molar-refractivity contribution is 7.91. The maximum absolute atomic E-state index is 13.0. The summed E-state index contributed by atoms with van der Waals surface area (Å²) in [7, 11) is -7.14. The third-order valence-electron chi connectivity index (χ3n) is 15.4. The van der Waals surface area contributed by atoms with Crippen molar-refractivity contribution in [2.24, 2.45) is 22.7 Å². The average Bonchev–Trinajstić information content (AvgIpc) is 4.23. The fourth-order valence-corrected chi connectivity index (χ4v) is 15.6. The van der Waals surface area contributed by atoms with Crippen LogP contribution >= 0.6 is 0 Å². The van der Waals surface area contributed by atoms with Gasteiger partial charge in [-0.05, 0) is 104 Å². The van der Waals surface area contributed by atoms with E-state index in [9.17, 15) is 31.5 Å². The zero-order valence-corrected chi connectivity index (χ0v) is 48.4. The summed E-state index contributed by atoms with van der Waals surface area (Å²) in [4.78, 5) is 24.4. The molecule has 18 nitrogen and oxygen atoms in total. The number of carbonyl (C=O) groups is 2. The van der Waals surface area contributed by atoms with E-state index in [1.54, 1.807) is 38.8 Å². The Labute approximate surface area is 454 Å². The second-order valence-corrected chi connectivity index (χ2v) is 34.4. The van der Waals surface area contributed by atoms with Gasteiger partial charge in [0.05, 0.1) is 58.9 Å². The molecule has 5 N–H and O–H groups in total. The predicted molar refractivity (Wildman–Crippen MR) is 302 cm³/mol. The highest BCUT2D eigenvalue weighted by Gasteiger charge is 2.37. The van der Waals surface area contributed by atoms with Gasteiger partial charge in [0, 0.05) is 49.6 Å². The number of aromatic amines is 1. The van der Waals surface area contributed by atoms with E-state index in [1.807, 2.05) is 60.7 Å². The molecule has 6 heterocycles. The number of rotatable bonds is 14. The number of ether oxygens (including phenoxy) is 1. The van der Waals surface area contributed by atoms with Crippen LogP contribution in [0.15, 0.2) is 85.5 Å². The summed E-state index contributed by atoms with van der Waals surface area (Å²) in [5, 5.41) is 32.8. The number of nitrogens with one attached hydrogen (secondary N) is 2. The number of nitrogen functional groups attached to an aromatic ring is 1. The van der Waals surface area contributed by atoms with Gasteiger partial charge in [0.2, 0.25) is 0 Å². The number of carboxylic acids is 1. The van der Waals surface area contributed by atoms with Crippen LogP contribution in [0, 0.1) is 22.7 Å². The van der Waals surface area contributed by atoms with Crippen molar-refractivity contribution in [3.63, 3.8) is 0 Å². The summed E-state index contributed by atoms with van der Waals surface area (Å²) in [6.07, 6.45) is 15.2. The molecule has 2 aliphatic carbocycles. The number of anilines is 2. The minimum atomic E-state index is -3.07. The molecule has 4 aromatic heterocycles. The Kier molecular flexibility index (Phi) is 17.6. The lowest BCUT2D eigenvalue weighted by molar-refractivity contribution is 0.0667. The Morgan fingerprint density at radius 3 is 1.87 bits per heavy atom. The minimum absolute atomic E-state index is 0.0328. The van der Waals surface area contributed by atoms with Crippen LogP contribution in [0.5, 0.6) is 0 Å². The van der Waals surface area contributed by atoms with E-state index in [0.29, 0.717) is 42.4 Å². The van der Waals surface area contributed by atoms with E-state index >= 15 is 0 Å². The van der Waals surface area contributed by atoms with Gasteiger partial charge in [-0.3, -0.25) is 19.3 Å². The maximum Gasteiger partial charge on any atom is 0.356 e. The first-order valence-electron chi connectivity index (χ1n) is 27.0. The SMILES string of the molecule is CC1(C)CCc2c(C(=O)Nc3cnn(C(c4ccccc4)C4CCCS(=O)(=O)C4)c3)n[nH]c2C1.CC1(C)CCc2c(C(=O)O)nn(COCC[Si](C)(C)C)c2C1.Nc1cnn(C(c2ccccc2)C2CCCS(=O)(=O)C2)c1. The number of benzene rings is 2. The maximum atomic E-state index is 13.0. The molecule has 0 saturated carbocycles. The highest BCUT2D eigenvalue weighted by Crippen LogP contribution is 2.39. The quantitative estimate of drug-likeness (QED) is 0.0587. The fourth-order valence-electron chi connectivity index (χ4n) is 11.3. The van der Waals surface area contributed by atoms with E-state index in [2.05, 4.69) is 78.1 Å². The molecule has 4 aliphatic rings. The first-order valence-corrected chi connectivity index (χ1v) is 34.3. The van der Waals surface area contributed by atoms with E-state index in [4.69, 9.17) is 10.5 Å². The summed E-state index contributed by atoms with van der Waals surface area (Å²) in [6, 6.07) is 20.6. The molecule has 4 atom stereocenters. The summed E-state index contributed by atoms with van der Waals surface area (Å²) >= 11 is 0. The molecule has 0 spiro atoms. The number of sulfone groups is 2. The number of carbonyl (C=O) groups excluding carboxylic acids is 1. The van der Waals surface area contributed by atoms with Crippen molar-refractivity contribution < 1.29 is 36.3 Å². The number of H-pyrrole nitrogens is 1. The Balaban J connectivity index is 0.000000160. The summed E-state index contributed by atoms with van der Waals surface area (Å²) in [5.74, 6) is -0.333. The van der Waals surface area contributed by atoms with Crippen molar-refractivity contribution in [1.29, 1.82) is 0 Å². The molecular formula is C56H78N10O8S2Si. The molecule has 10 rings (SSSR count). The second-order valence-electron chi connectivity index (χ2n) is 24.3. The van der Waals surface area contributed by atoms with Crippen LogP contribution < -0.4 is 11.1 Å². The first kappa shape index (κ1) is 57.3. The van der Waals surface area contributed by atoms with Gasteiger partial charge in [-0.1, -0.05) is 108 Å². The Morgan fingerprint density at radius 1 is 0.792 bits per heavy atom. The van der Waals surface area contributed by atoms with Crippen molar-refractivity contribution in [2.45, 2.75) is 136 Å². The van der Waals surface area contributed by atoms with E-state index < -0.39 is 33.7 Å². The van der Waals surface area contributed by atoms with Crippen molar-refractivity contribution in [3.8, 4) is 0 Å². The van der Waals surface area contributed by atoms with Gasteiger partial charge in [-0.25, -0.2) is 26.3 Å². The summed E-state index contributed by atoms with van der Waals surface area (Å²) in [6.45, 7) is 16.9. The fraction of sp³-hybridized carbons (Fsp3) is 0.536. The van der Waals surface area contributed by atoms with Gasteiger partial charge in [0.1, 0.15) is 6.73 Å². The molecule has 2 saturated heterocycles. The van der Waals surface area contributed by atoms with Gasteiger partial charge in [-0.15, -0.1) is 0 Å². The molecule has 0 radical (unpaired) electrons. The molecule has 4 unspecified atom stereocenters. The van der Waals surface area contributed by atoms with Crippen molar-refractivity contribution in [2.75, 3.05) is 40.7 Å². The van der Waals surface area contributed by atoms with Crippen molar-refractivity contribution in [1.82, 2.24) is 39.5 Å². The highest BCUT2D eigenvalue weighted by atomic mass is 32.2. The smallest absolute Gasteiger partial charge is 0.356 e. The van der Waals surface area contributed by atoms with Crippen LogP contribution in [0.1, 0.15) is 133 Å². The molecule has 2 fully saturated rings. The van der Waals surface area contributed by atoms with Crippen LogP contribution in [0.4, 0.5) is 11.4 Å². The molecular weight excluding hydrogens is 1030 g/mol. The third kappa shape index (κ3) is 15.0. The van der Waals surface area contributed by atoms with Crippen molar-refractivity contribution in [3.05, 3.63) is 130 Å². The number of aromatic nitrogens is 8. The lowest BCUT2D eigenvalue weighted by atomic mass is 9.76. The minimum Gasteiger partial charge on any atom is -0.476 e. The number of amides is 1. The largest absolute Gasteiger partial charge is 0.476 e. The number of hydrogen-bond acceptors (Lipinski definition) is 12. The van der Waals surface area contributed by atoms with Crippen LogP contribution in [0.3, 0.4) is 0 Å². The number of nitrogens with two attached hydrogens (primary N) is 1. The van der Waals surface area contributed by atoms with E-state index in [1.165, 1.54) is 0 Å². The standard InChI is InChI=1S/C25H31N5O3S.C16H28N2O3Si.C15H19N3O2S/c1-25(2)11-10-20-21(13-25)28-29-22(20)24(31)27-19-14-26-30(15-19)23(17-7-4-3-5-8-17)18-9-6-12-34(32,33)16-18;1-16(2)7-6-12-13(10-16)18(17-14(12)15(19)20)11-21-8-9-22(3,4)5;16-14-9-17-18(10-14)15(12-5-2-1-3-6-12)13-7-4-8-21(19,20)11-13/h3-5,7-8,14-15,18,23H,6,9-13,16H2,1-2H3,(H,27,31)(H,28,29);6-11H2,1-5H3,(H,19,20);1-3,5-6,9-10,13,15H,4,7-8,11,16H2. The van der Waals surface area contributed by atoms with Gasteiger partial charge in [0.25, 0.3) is 5.91 Å². The van der Waals surface area contributed by atoms with Crippen LogP contribution in [-0.2, 0) is 56.8 Å². The van der Waals surface area contributed by atoms with Crippen LogP contribution in [-0.4, -0.2) is 111 Å². The van der Waals surface area contributed by atoms with Crippen LogP contribution in [0.25, 0.3) is 0 Å². The number of hydrogen-bond donors (Lipinski definition) is 4. The van der Waals surface area contributed by atoms with E-state index in [0.717, 1.165) is 97.7 Å². The van der Waals surface area contributed by atoms with Crippen LogP contribution in [0.2, 0.25) is 25.7 Å². The van der Waals surface area contributed by atoms with Gasteiger partial charge >= 0.3 is 5.97 Å². The molecule has 6 aromatic rings. The molecule has 2 aliphatic heterocycles. The number of carboxylic acid groups (broad SMARTS) is 1. The van der Waals surface area contributed by atoms with Crippen molar-refractivity contribution >= 4 is 51.0 Å². The van der Waals surface area contributed by atoms with Gasteiger partial charge in [0.15, 0.2) is 31.1 Å². The first-order chi connectivity index (χ1) is 36.3. The van der Waals surface area contributed by atoms with Gasteiger partial charge in [-0.2, -0.15) is 20.4 Å². The third-order valence-corrected chi connectivity index (χ3v) is 20.8. The molecule has 1 amide bonds. The Morgan fingerprint density at radius 2 is 1.34 bits per heavy atom. The Bertz CT molecular complexity index is 3220. The molecule has 2 aromatic carbocycles. The average molecular weight is 1110 g/mol. The van der Waals surface area contributed by atoms with Gasteiger partial charge < -0.3 is 20.9 Å². The lowest BCUT2D eigenvalue weighted by Gasteiger charge is -2.30. The predicted octanol–water partition coefficient (Wildman–Crippen LogP) is 9.08. The molecule has 77 heavy (non-hydrogen) atoms. The Hall–Kier alpha value is -5.90. The molecule has 416 valence electrons. The summed E-state index contributed by atoms with van der Waals surface area (Å²) < 4.78 is 59.8. The second kappa shape index (κ2) is 23.6. The monoisotopic (exact) mass is 1110 g/mol. The zero-order valence-electron chi connectivity index (χ0n) is 45.7. The van der Waals surface area contributed by atoms with E-state index in [-0.39, 0.29) is 63.6 Å². The molecule has 21 heteroatoms. The lowest BCUT2D eigenvalue weighted by Crippen LogP contribution is -2.32. The number of aromatic carboxylic acids is 1. The number of fused-ring (bicyclic) bond motifs is 2.